The van der Waals surface area contributed by atoms with Crippen LogP contribution in [0.15, 0.2) is 96.0 Å². The Morgan fingerprint density at radius 2 is 1.16 bits per heavy atom. The molecule has 0 aliphatic carbocycles. The monoisotopic (exact) mass is 351 g/mol. The standard InChI is InChI=1S/C20H18NO3P/c22-25(23-19-12-6-2-7-13-19,24-20-14-8-3-9-15-20)17-21-16-18-10-4-1-5-11-18/h1-16H,17H2/b21-16+. The van der Waals surface area contributed by atoms with Crippen molar-refractivity contribution in [1.82, 2.24) is 0 Å². The summed E-state index contributed by atoms with van der Waals surface area (Å²) < 4.78 is 24.5. The smallest absolute Gasteiger partial charge is 0.415 e. The molecule has 0 aromatic heterocycles. The second kappa shape index (κ2) is 8.32. The van der Waals surface area contributed by atoms with Gasteiger partial charge in [-0.1, -0.05) is 66.7 Å². The normalized spacial score (nSPS) is 11.4. The summed E-state index contributed by atoms with van der Waals surface area (Å²) in [5.41, 5.74) is 0.925. The minimum atomic E-state index is -3.50. The minimum absolute atomic E-state index is 0.0777. The molecule has 0 bridgehead atoms. The van der Waals surface area contributed by atoms with Gasteiger partial charge in [-0.2, -0.15) is 0 Å². The zero-order chi connectivity index (χ0) is 17.4. The van der Waals surface area contributed by atoms with E-state index in [-0.39, 0.29) is 6.29 Å². The molecule has 5 heteroatoms. The maximum atomic E-state index is 13.2. The average Bonchev–Trinajstić information content (AvgIpc) is 2.64. The first kappa shape index (κ1) is 17.0. The van der Waals surface area contributed by atoms with Gasteiger partial charge in [-0.15, -0.1) is 0 Å². The van der Waals surface area contributed by atoms with Crippen molar-refractivity contribution in [1.29, 1.82) is 0 Å². The lowest BCUT2D eigenvalue weighted by atomic mass is 10.2. The Morgan fingerprint density at radius 1 is 0.720 bits per heavy atom. The van der Waals surface area contributed by atoms with E-state index in [0.717, 1.165) is 5.56 Å². The highest BCUT2D eigenvalue weighted by atomic mass is 31.2. The van der Waals surface area contributed by atoms with E-state index in [2.05, 4.69) is 4.99 Å². The van der Waals surface area contributed by atoms with Crippen molar-refractivity contribution in [3.63, 3.8) is 0 Å². The summed E-state index contributed by atoms with van der Waals surface area (Å²) >= 11 is 0. The molecule has 126 valence electrons. The predicted octanol–water partition coefficient (Wildman–Crippen LogP) is 5.41. The lowest BCUT2D eigenvalue weighted by Crippen LogP contribution is -2.04. The van der Waals surface area contributed by atoms with Crippen molar-refractivity contribution >= 4 is 13.8 Å². The summed E-state index contributed by atoms with van der Waals surface area (Å²) in [5, 5.41) is 0. The van der Waals surface area contributed by atoms with Crippen molar-refractivity contribution in [3.05, 3.63) is 96.6 Å². The van der Waals surface area contributed by atoms with Gasteiger partial charge in [0.2, 0.25) is 0 Å². The van der Waals surface area contributed by atoms with Crippen molar-refractivity contribution in [3.8, 4) is 11.5 Å². The molecule has 0 spiro atoms. The molecule has 0 saturated carbocycles. The first-order valence-corrected chi connectivity index (χ1v) is 9.60. The van der Waals surface area contributed by atoms with Crippen LogP contribution in [0, 0.1) is 0 Å². The molecule has 4 nitrogen and oxygen atoms in total. The van der Waals surface area contributed by atoms with Gasteiger partial charge in [-0.25, -0.2) is 4.57 Å². The van der Waals surface area contributed by atoms with Crippen molar-refractivity contribution in [2.45, 2.75) is 0 Å². The van der Waals surface area contributed by atoms with Crippen LogP contribution in [0.5, 0.6) is 11.5 Å². The molecule has 3 aromatic carbocycles. The molecular formula is C20H18NO3P. The zero-order valence-corrected chi connectivity index (χ0v) is 14.5. The number of aliphatic imine (C=N–C) groups is 1. The van der Waals surface area contributed by atoms with E-state index in [1.165, 1.54) is 0 Å². The topological polar surface area (TPSA) is 47.9 Å². The Hall–Kier alpha value is -2.84. The second-order valence-corrected chi connectivity index (χ2v) is 7.15. The Bertz CT molecular complexity index is 806. The Balaban J connectivity index is 1.78. The van der Waals surface area contributed by atoms with Gasteiger partial charge in [0.1, 0.15) is 11.5 Å². The molecule has 25 heavy (non-hydrogen) atoms. The Kier molecular flexibility index (Phi) is 5.65. The molecule has 0 atom stereocenters. The highest BCUT2D eigenvalue weighted by molar-refractivity contribution is 7.54. The highest BCUT2D eigenvalue weighted by Crippen LogP contribution is 2.48. The number of hydrogen-bond acceptors (Lipinski definition) is 4. The van der Waals surface area contributed by atoms with E-state index in [1.54, 1.807) is 30.5 Å². The van der Waals surface area contributed by atoms with Crippen LogP contribution in [0.25, 0.3) is 0 Å². The van der Waals surface area contributed by atoms with Crippen LogP contribution in [-0.2, 0) is 4.57 Å². The summed E-state index contributed by atoms with van der Waals surface area (Å²) in [6, 6.07) is 27.5. The van der Waals surface area contributed by atoms with E-state index < -0.39 is 7.60 Å². The van der Waals surface area contributed by atoms with E-state index in [9.17, 15) is 4.57 Å². The third-order valence-electron chi connectivity index (χ3n) is 3.27. The number of benzene rings is 3. The molecule has 0 heterocycles. The maximum Gasteiger partial charge on any atom is 0.452 e. The van der Waals surface area contributed by atoms with E-state index in [0.29, 0.717) is 11.5 Å². The van der Waals surface area contributed by atoms with Crippen LogP contribution in [0.4, 0.5) is 0 Å². The van der Waals surface area contributed by atoms with E-state index in [4.69, 9.17) is 9.05 Å². The van der Waals surface area contributed by atoms with E-state index in [1.807, 2.05) is 66.7 Å². The molecular weight excluding hydrogens is 333 g/mol. The van der Waals surface area contributed by atoms with Crippen LogP contribution in [0.2, 0.25) is 0 Å². The molecule has 0 unspecified atom stereocenters. The first-order valence-electron chi connectivity index (χ1n) is 7.87. The van der Waals surface area contributed by atoms with Crippen LogP contribution in [0.1, 0.15) is 5.56 Å². The second-order valence-electron chi connectivity index (χ2n) is 5.28. The summed E-state index contributed by atoms with van der Waals surface area (Å²) in [5.74, 6) is 0.966. The van der Waals surface area contributed by atoms with Crippen molar-refractivity contribution in [2.24, 2.45) is 4.99 Å². The third-order valence-corrected chi connectivity index (χ3v) is 4.76. The summed E-state index contributed by atoms with van der Waals surface area (Å²) in [4.78, 5) is 4.27. The average molecular weight is 351 g/mol. The molecule has 0 saturated heterocycles. The predicted molar refractivity (Wildman–Crippen MR) is 101 cm³/mol. The van der Waals surface area contributed by atoms with Gasteiger partial charge in [-0.3, -0.25) is 4.99 Å². The third kappa shape index (κ3) is 5.33. The Labute approximate surface area is 147 Å². The van der Waals surface area contributed by atoms with Crippen LogP contribution in [0.3, 0.4) is 0 Å². The highest BCUT2D eigenvalue weighted by Gasteiger charge is 2.27. The molecule has 0 aliphatic rings. The molecule has 0 aliphatic heterocycles. The van der Waals surface area contributed by atoms with Gasteiger partial charge in [0.15, 0.2) is 6.29 Å². The van der Waals surface area contributed by atoms with Gasteiger partial charge in [0.05, 0.1) is 0 Å². The molecule has 3 aromatic rings. The first-order chi connectivity index (χ1) is 12.2. The largest absolute Gasteiger partial charge is 0.452 e. The van der Waals surface area contributed by atoms with Gasteiger partial charge in [0, 0.05) is 6.21 Å². The van der Waals surface area contributed by atoms with Crippen LogP contribution < -0.4 is 9.05 Å². The molecule has 3 rings (SSSR count). The Morgan fingerprint density at radius 3 is 1.64 bits per heavy atom. The van der Waals surface area contributed by atoms with Gasteiger partial charge >= 0.3 is 7.60 Å². The summed E-state index contributed by atoms with van der Waals surface area (Å²) in [6.45, 7) is 0. The number of rotatable bonds is 7. The lowest BCUT2D eigenvalue weighted by Gasteiger charge is -2.18. The quantitative estimate of drug-likeness (QED) is 0.422. The fourth-order valence-corrected chi connectivity index (χ4v) is 3.47. The van der Waals surface area contributed by atoms with Crippen LogP contribution >= 0.6 is 7.60 Å². The number of nitrogens with zero attached hydrogens (tertiary/aromatic N) is 1. The van der Waals surface area contributed by atoms with Crippen LogP contribution in [-0.4, -0.2) is 12.5 Å². The van der Waals surface area contributed by atoms with Gasteiger partial charge in [-0.05, 0) is 29.8 Å². The SMILES string of the molecule is O=P(C/N=C/c1ccccc1)(Oc1ccccc1)Oc1ccccc1. The minimum Gasteiger partial charge on any atom is -0.415 e. The van der Waals surface area contributed by atoms with Gasteiger partial charge in [0.25, 0.3) is 0 Å². The molecule has 0 N–H and O–H groups in total. The lowest BCUT2D eigenvalue weighted by molar-refractivity contribution is 0.387. The molecule has 0 radical (unpaired) electrons. The summed E-state index contributed by atoms with van der Waals surface area (Å²) in [6.07, 6.45) is 1.58. The van der Waals surface area contributed by atoms with Crippen molar-refractivity contribution in [2.75, 3.05) is 6.29 Å². The summed E-state index contributed by atoms with van der Waals surface area (Å²) in [7, 11) is -3.50. The van der Waals surface area contributed by atoms with E-state index >= 15 is 0 Å². The maximum absolute atomic E-state index is 13.2. The zero-order valence-electron chi connectivity index (χ0n) is 13.6. The fourth-order valence-electron chi connectivity index (χ4n) is 2.15. The molecule has 0 fully saturated rings. The molecule has 0 amide bonds. The van der Waals surface area contributed by atoms with Gasteiger partial charge < -0.3 is 9.05 Å². The number of hydrogen-bond donors (Lipinski definition) is 0. The number of para-hydroxylation sites is 2. The fraction of sp³-hybridized carbons (Fsp3) is 0.0500. The van der Waals surface area contributed by atoms with Crippen molar-refractivity contribution < 1.29 is 13.6 Å².